The lowest BCUT2D eigenvalue weighted by Crippen LogP contribution is -2.32. The molecule has 34 heavy (non-hydrogen) atoms. The summed E-state index contributed by atoms with van der Waals surface area (Å²) in [6, 6.07) is 24.3. The lowest BCUT2D eigenvalue weighted by molar-refractivity contribution is -0.154. The third-order valence-corrected chi connectivity index (χ3v) is 5.48. The molecule has 1 aliphatic rings. The summed E-state index contributed by atoms with van der Waals surface area (Å²) in [5.41, 5.74) is 3.67. The maximum Gasteiger partial charge on any atom is 0.344 e. The van der Waals surface area contributed by atoms with E-state index in [9.17, 15) is 9.59 Å². The predicted molar refractivity (Wildman–Crippen MR) is 128 cm³/mol. The highest BCUT2D eigenvalue weighted by Gasteiger charge is 2.33. The minimum atomic E-state index is -0.623. The van der Waals surface area contributed by atoms with Crippen LogP contribution in [0.2, 0.25) is 0 Å². The second kappa shape index (κ2) is 10.7. The van der Waals surface area contributed by atoms with E-state index in [0.29, 0.717) is 12.2 Å². The minimum absolute atomic E-state index is 0.281. The minimum Gasteiger partial charge on any atom is -0.497 e. The number of aryl methyl sites for hydroxylation is 1. The lowest BCUT2D eigenvalue weighted by atomic mass is 9.98. The van der Waals surface area contributed by atoms with Gasteiger partial charge in [0.2, 0.25) is 0 Å². The van der Waals surface area contributed by atoms with Gasteiger partial charge in [-0.05, 0) is 47.9 Å². The normalized spacial score (nSPS) is 14.9. The number of rotatable bonds is 8. The van der Waals surface area contributed by atoms with Crippen molar-refractivity contribution in [3.05, 3.63) is 95.6 Å². The number of hydrogen-bond acceptors (Lipinski definition) is 6. The molecule has 0 aliphatic carbocycles. The number of ether oxygens (including phenoxy) is 3. The van der Waals surface area contributed by atoms with E-state index in [1.807, 2.05) is 79.7 Å². The van der Waals surface area contributed by atoms with Crippen molar-refractivity contribution in [1.82, 2.24) is 5.01 Å². The molecule has 3 aromatic carbocycles. The summed E-state index contributed by atoms with van der Waals surface area (Å²) in [4.78, 5) is 25.2. The highest BCUT2D eigenvalue weighted by Crippen LogP contribution is 2.33. The molecule has 1 atom stereocenters. The van der Waals surface area contributed by atoms with Gasteiger partial charge in [0, 0.05) is 6.42 Å². The number of esters is 1. The molecule has 1 amide bonds. The van der Waals surface area contributed by atoms with Crippen LogP contribution < -0.4 is 9.47 Å². The van der Waals surface area contributed by atoms with E-state index in [-0.39, 0.29) is 12.6 Å². The predicted octanol–water partition coefficient (Wildman–Crippen LogP) is 4.30. The molecule has 174 valence electrons. The van der Waals surface area contributed by atoms with Crippen LogP contribution in [0, 0.1) is 6.92 Å². The third-order valence-electron chi connectivity index (χ3n) is 5.48. The molecule has 1 unspecified atom stereocenters. The molecule has 0 N–H and O–H groups in total. The molecule has 4 rings (SSSR count). The molecule has 0 saturated carbocycles. The van der Waals surface area contributed by atoms with Gasteiger partial charge in [0.25, 0.3) is 5.91 Å². The average Bonchev–Trinajstić information content (AvgIpc) is 3.32. The first-order valence-corrected chi connectivity index (χ1v) is 11.0. The number of amides is 1. The van der Waals surface area contributed by atoms with Gasteiger partial charge in [-0.15, -0.1) is 0 Å². The molecule has 0 bridgehead atoms. The molecule has 0 radical (unpaired) electrons. The second-order valence-corrected chi connectivity index (χ2v) is 7.91. The van der Waals surface area contributed by atoms with Crippen molar-refractivity contribution < 1.29 is 23.8 Å². The largest absolute Gasteiger partial charge is 0.497 e. The van der Waals surface area contributed by atoms with Crippen LogP contribution in [-0.4, -0.2) is 42.9 Å². The Labute approximate surface area is 198 Å². The van der Waals surface area contributed by atoms with E-state index >= 15 is 0 Å². The van der Waals surface area contributed by atoms with Crippen molar-refractivity contribution in [3.63, 3.8) is 0 Å². The SMILES string of the molecule is COc1ccc(C2CC(c3ccccc3)=NN2C(=O)COC(=O)COc2cccc(C)c2)cc1. The molecule has 3 aromatic rings. The van der Waals surface area contributed by atoms with E-state index in [1.165, 1.54) is 5.01 Å². The van der Waals surface area contributed by atoms with E-state index < -0.39 is 18.5 Å². The Morgan fingerprint density at radius 2 is 1.71 bits per heavy atom. The first kappa shape index (κ1) is 23.0. The average molecular weight is 459 g/mol. The highest BCUT2D eigenvalue weighted by atomic mass is 16.6. The number of benzene rings is 3. The van der Waals surface area contributed by atoms with E-state index in [1.54, 1.807) is 13.2 Å². The molecule has 0 aromatic heterocycles. The number of hydrogen-bond donors (Lipinski definition) is 0. The van der Waals surface area contributed by atoms with Gasteiger partial charge in [0.05, 0.1) is 18.9 Å². The van der Waals surface area contributed by atoms with Crippen molar-refractivity contribution in [2.24, 2.45) is 5.10 Å². The zero-order chi connectivity index (χ0) is 23.9. The highest BCUT2D eigenvalue weighted by molar-refractivity contribution is 6.03. The maximum absolute atomic E-state index is 13.0. The van der Waals surface area contributed by atoms with Crippen LogP contribution in [0.5, 0.6) is 11.5 Å². The molecule has 1 aliphatic heterocycles. The summed E-state index contributed by atoms with van der Waals surface area (Å²) in [7, 11) is 1.61. The molecular weight excluding hydrogens is 432 g/mol. The Hall–Kier alpha value is -4.13. The summed E-state index contributed by atoms with van der Waals surface area (Å²) in [6.07, 6.45) is 0.548. The molecule has 0 saturated heterocycles. The number of carbonyl (C=O) groups is 2. The van der Waals surface area contributed by atoms with Crippen LogP contribution in [0.15, 0.2) is 84.0 Å². The van der Waals surface area contributed by atoms with Crippen molar-refractivity contribution >= 4 is 17.6 Å². The quantitative estimate of drug-likeness (QED) is 0.470. The van der Waals surface area contributed by atoms with Crippen LogP contribution in [0.3, 0.4) is 0 Å². The monoisotopic (exact) mass is 458 g/mol. The fourth-order valence-electron chi connectivity index (χ4n) is 3.73. The first-order chi connectivity index (χ1) is 16.5. The fraction of sp³-hybridized carbons (Fsp3) is 0.222. The van der Waals surface area contributed by atoms with Gasteiger partial charge < -0.3 is 14.2 Å². The van der Waals surface area contributed by atoms with Gasteiger partial charge in [-0.3, -0.25) is 4.79 Å². The molecule has 7 heteroatoms. The summed E-state index contributed by atoms with van der Waals surface area (Å²) >= 11 is 0. The van der Waals surface area contributed by atoms with Gasteiger partial charge in [0.1, 0.15) is 11.5 Å². The van der Waals surface area contributed by atoms with E-state index in [4.69, 9.17) is 14.2 Å². The molecular formula is C27H26N2O5. The topological polar surface area (TPSA) is 77.4 Å². The standard InChI is InChI=1S/C27H26N2O5/c1-19-7-6-10-23(15-19)33-18-27(31)34-17-26(30)29-25(21-11-13-22(32-2)14-12-21)16-24(28-29)20-8-4-3-5-9-20/h3-15,25H,16-18H2,1-2H3. The zero-order valence-electron chi connectivity index (χ0n) is 19.1. The van der Waals surface area contributed by atoms with Crippen LogP contribution in [0.1, 0.15) is 29.2 Å². The number of methoxy groups -OCH3 is 1. The third kappa shape index (κ3) is 5.61. The lowest BCUT2D eigenvalue weighted by Gasteiger charge is -2.22. The number of hydrazone groups is 1. The van der Waals surface area contributed by atoms with Crippen molar-refractivity contribution in [2.45, 2.75) is 19.4 Å². The first-order valence-electron chi connectivity index (χ1n) is 11.0. The van der Waals surface area contributed by atoms with Gasteiger partial charge in [0.15, 0.2) is 13.2 Å². The maximum atomic E-state index is 13.0. The van der Waals surface area contributed by atoms with Gasteiger partial charge in [-0.1, -0.05) is 54.6 Å². The van der Waals surface area contributed by atoms with Crippen LogP contribution in [0.25, 0.3) is 0 Å². The van der Waals surface area contributed by atoms with Crippen LogP contribution in [0.4, 0.5) is 0 Å². The summed E-state index contributed by atoms with van der Waals surface area (Å²) in [5.74, 6) is 0.267. The zero-order valence-corrected chi connectivity index (χ0v) is 19.1. The molecule has 7 nitrogen and oxygen atoms in total. The Morgan fingerprint density at radius 3 is 2.41 bits per heavy atom. The van der Waals surface area contributed by atoms with Gasteiger partial charge >= 0.3 is 5.97 Å². The smallest absolute Gasteiger partial charge is 0.344 e. The van der Waals surface area contributed by atoms with Crippen molar-refractivity contribution in [2.75, 3.05) is 20.3 Å². The second-order valence-electron chi connectivity index (χ2n) is 7.91. The Kier molecular flexibility index (Phi) is 7.22. The van der Waals surface area contributed by atoms with Gasteiger partial charge in [-0.2, -0.15) is 5.10 Å². The Balaban J connectivity index is 1.43. The van der Waals surface area contributed by atoms with E-state index in [2.05, 4.69) is 5.10 Å². The molecule has 0 spiro atoms. The number of carbonyl (C=O) groups excluding carboxylic acids is 2. The Bertz CT molecular complexity index is 1180. The summed E-state index contributed by atoms with van der Waals surface area (Å²) < 4.78 is 15.9. The van der Waals surface area contributed by atoms with Crippen molar-refractivity contribution in [1.29, 1.82) is 0 Å². The summed E-state index contributed by atoms with van der Waals surface area (Å²) in [5, 5.41) is 5.99. The van der Waals surface area contributed by atoms with Gasteiger partial charge in [-0.25, -0.2) is 9.80 Å². The Morgan fingerprint density at radius 1 is 0.941 bits per heavy atom. The van der Waals surface area contributed by atoms with Crippen LogP contribution >= 0.6 is 0 Å². The molecule has 0 fully saturated rings. The molecule has 1 heterocycles. The van der Waals surface area contributed by atoms with E-state index in [0.717, 1.165) is 28.2 Å². The van der Waals surface area contributed by atoms with Crippen LogP contribution in [-0.2, 0) is 14.3 Å². The fourth-order valence-corrected chi connectivity index (χ4v) is 3.73. The summed E-state index contributed by atoms with van der Waals surface area (Å²) in [6.45, 7) is 1.23. The van der Waals surface area contributed by atoms with Crippen molar-refractivity contribution in [3.8, 4) is 11.5 Å². The number of nitrogens with zero attached hydrogens (tertiary/aromatic N) is 2.